The highest BCUT2D eigenvalue weighted by molar-refractivity contribution is 7.09. The second-order valence-corrected chi connectivity index (χ2v) is 8.07. The van der Waals surface area contributed by atoms with Crippen molar-refractivity contribution in [1.29, 1.82) is 0 Å². The molecule has 0 aromatic carbocycles. The van der Waals surface area contributed by atoms with Crippen LogP contribution in [0.5, 0.6) is 0 Å². The van der Waals surface area contributed by atoms with E-state index in [2.05, 4.69) is 15.7 Å². The molecule has 2 aromatic heterocycles. The van der Waals surface area contributed by atoms with Gasteiger partial charge in [-0.2, -0.15) is 0 Å². The molecule has 3 rings (SSSR count). The molecule has 1 atom stereocenters. The summed E-state index contributed by atoms with van der Waals surface area (Å²) in [6, 6.07) is 5.42. The number of hydrogen-bond donors (Lipinski definition) is 1. The number of likely N-dealkylation sites (tertiary alicyclic amines) is 1. The molecule has 2 aromatic rings. The van der Waals surface area contributed by atoms with Crippen LogP contribution >= 0.6 is 11.3 Å². The number of hydrogen-bond acceptors (Lipinski definition) is 5. The summed E-state index contributed by atoms with van der Waals surface area (Å²) in [6.07, 6.45) is 4.41. The third-order valence-electron chi connectivity index (χ3n) is 4.72. The van der Waals surface area contributed by atoms with Crippen molar-refractivity contribution < 1.29 is 9.59 Å². The first-order chi connectivity index (χ1) is 13.0. The predicted octanol–water partition coefficient (Wildman–Crippen LogP) is 2.87. The molecule has 6 nitrogen and oxygen atoms in total. The number of aromatic nitrogens is 2. The minimum Gasteiger partial charge on any atom is -0.355 e. The monoisotopic (exact) mass is 386 g/mol. The van der Waals surface area contributed by atoms with E-state index in [9.17, 15) is 9.59 Å². The van der Waals surface area contributed by atoms with Crippen LogP contribution in [0.25, 0.3) is 0 Å². The van der Waals surface area contributed by atoms with Crippen molar-refractivity contribution >= 4 is 23.2 Å². The van der Waals surface area contributed by atoms with Crippen LogP contribution in [-0.2, 0) is 11.2 Å². The van der Waals surface area contributed by atoms with Gasteiger partial charge in [0, 0.05) is 49.5 Å². The molecule has 7 heteroatoms. The number of nitrogens with zero attached hydrogens (tertiary/aromatic N) is 3. The number of carbonyl (C=O) groups is 2. The fourth-order valence-corrected chi connectivity index (χ4v) is 4.14. The van der Waals surface area contributed by atoms with Crippen molar-refractivity contribution in [2.75, 3.05) is 19.6 Å². The third-order valence-corrected chi connectivity index (χ3v) is 5.77. The highest BCUT2D eigenvalue weighted by Gasteiger charge is 2.27. The maximum Gasteiger partial charge on any atom is 0.272 e. The molecule has 1 fully saturated rings. The largest absolute Gasteiger partial charge is 0.355 e. The predicted molar refractivity (Wildman–Crippen MR) is 106 cm³/mol. The summed E-state index contributed by atoms with van der Waals surface area (Å²) in [7, 11) is 0. The quantitative estimate of drug-likeness (QED) is 0.828. The number of amides is 2. The van der Waals surface area contributed by atoms with E-state index in [1.165, 1.54) is 0 Å². The highest BCUT2D eigenvalue weighted by atomic mass is 32.1. The van der Waals surface area contributed by atoms with E-state index in [4.69, 9.17) is 4.98 Å². The first-order valence-electron chi connectivity index (χ1n) is 9.47. The molecule has 0 spiro atoms. The van der Waals surface area contributed by atoms with Crippen LogP contribution in [0, 0.1) is 5.92 Å². The first-order valence-corrected chi connectivity index (χ1v) is 10.3. The maximum atomic E-state index is 12.6. The van der Waals surface area contributed by atoms with Gasteiger partial charge in [-0.05, 0) is 25.0 Å². The Morgan fingerprint density at radius 3 is 2.96 bits per heavy atom. The molecule has 1 aliphatic rings. The molecule has 3 heterocycles. The smallest absolute Gasteiger partial charge is 0.272 e. The van der Waals surface area contributed by atoms with Crippen molar-refractivity contribution in [3.8, 4) is 0 Å². The Morgan fingerprint density at radius 2 is 2.22 bits per heavy atom. The van der Waals surface area contributed by atoms with Gasteiger partial charge in [0.1, 0.15) is 5.69 Å². The van der Waals surface area contributed by atoms with Gasteiger partial charge in [0.2, 0.25) is 5.91 Å². The molecule has 144 valence electrons. The minimum atomic E-state index is -0.00604. The molecule has 27 heavy (non-hydrogen) atoms. The first kappa shape index (κ1) is 19.5. The van der Waals surface area contributed by atoms with Crippen LogP contribution in [0.4, 0.5) is 0 Å². The molecular weight excluding hydrogens is 360 g/mol. The van der Waals surface area contributed by atoms with Gasteiger partial charge in [-0.3, -0.25) is 14.6 Å². The van der Waals surface area contributed by atoms with Gasteiger partial charge in [-0.1, -0.05) is 19.9 Å². The number of piperidine rings is 1. The number of nitrogens with one attached hydrogen (secondary N) is 1. The van der Waals surface area contributed by atoms with Crippen LogP contribution < -0.4 is 5.32 Å². The van der Waals surface area contributed by atoms with E-state index < -0.39 is 0 Å². The molecule has 1 N–H and O–H groups in total. The van der Waals surface area contributed by atoms with Crippen LogP contribution in [0.15, 0.2) is 29.8 Å². The minimum absolute atomic E-state index is 0.000795. The Hall–Kier alpha value is -2.28. The summed E-state index contributed by atoms with van der Waals surface area (Å²) >= 11 is 1.65. The summed E-state index contributed by atoms with van der Waals surface area (Å²) in [4.78, 5) is 35.1. The van der Waals surface area contributed by atoms with E-state index in [1.54, 1.807) is 23.6 Å². The standard InChI is InChI=1S/C20H26N4O2S/c1-14(2)18(25)22-10-8-16-13-27-19(23-16)15-6-5-11-24(12-15)20(26)17-7-3-4-9-21-17/h3-4,7,9,13-15H,5-6,8,10-12H2,1-2H3,(H,22,25)/t15-/m1/s1. The average molecular weight is 387 g/mol. The average Bonchev–Trinajstić information content (AvgIpc) is 3.17. The fraction of sp³-hybridized carbons (Fsp3) is 0.500. The Kier molecular flexibility index (Phi) is 6.55. The van der Waals surface area contributed by atoms with Crippen molar-refractivity contribution in [2.45, 2.75) is 39.0 Å². The van der Waals surface area contributed by atoms with E-state index in [1.807, 2.05) is 30.9 Å². The van der Waals surface area contributed by atoms with Crippen molar-refractivity contribution in [3.63, 3.8) is 0 Å². The SMILES string of the molecule is CC(C)C(=O)NCCc1csc([C@@H]2CCCN(C(=O)c3ccccn3)C2)n1. The summed E-state index contributed by atoms with van der Waals surface area (Å²) < 4.78 is 0. The number of pyridine rings is 1. The van der Waals surface area contributed by atoms with Crippen LogP contribution in [0.2, 0.25) is 0 Å². The van der Waals surface area contributed by atoms with Crippen molar-refractivity contribution in [3.05, 3.63) is 46.2 Å². The molecule has 2 amide bonds. The fourth-order valence-electron chi connectivity index (χ4n) is 3.16. The third kappa shape index (κ3) is 5.13. The van der Waals surface area contributed by atoms with Gasteiger partial charge in [-0.15, -0.1) is 11.3 Å². The van der Waals surface area contributed by atoms with Gasteiger partial charge < -0.3 is 10.2 Å². The molecule has 1 saturated heterocycles. The Labute approximate surface area is 164 Å². The van der Waals surface area contributed by atoms with Crippen molar-refractivity contribution in [1.82, 2.24) is 20.2 Å². The highest BCUT2D eigenvalue weighted by Crippen LogP contribution is 2.30. The molecule has 0 unspecified atom stereocenters. The lowest BCUT2D eigenvalue weighted by atomic mass is 9.98. The molecule has 0 saturated carbocycles. The van der Waals surface area contributed by atoms with Gasteiger partial charge in [0.15, 0.2) is 0 Å². The summed E-state index contributed by atoms with van der Waals surface area (Å²) in [6.45, 7) is 5.84. The van der Waals surface area contributed by atoms with Crippen LogP contribution in [0.3, 0.4) is 0 Å². The maximum absolute atomic E-state index is 12.6. The van der Waals surface area contributed by atoms with Crippen LogP contribution in [-0.4, -0.2) is 46.3 Å². The normalized spacial score (nSPS) is 17.1. The second-order valence-electron chi connectivity index (χ2n) is 7.18. The van der Waals surface area contributed by atoms with E-state index in [-0.39, 0.29) is 23.7 Å². The zero-order valence-electron chi connectivity index (χ0n) is 15.9. The lowest BCUT2D eigenvalue weighted by Crippen LogP contribution is -2.39. The number of carbonyl (C=O) groups excluding carboxylic acids is 2. The van der Waals surface area contributed by atoms with E-state index >= 15 is 0 Å². The molecular formula is C20H26N4O2S. The summed E-state index contributed by atoms with van der Waals surface area (Å²) in [5.41, 5.74) is 1.51. The topological polar surface area (TPSA) is 75.2 Å². The number of thiazole rings is 1. The van der Waals surface area contributed by atoms with Crippen LogP contribution in [0.1, 0.15) is 53.8 Å². The van der Waals surface area contributed by atoms with Gasteiger partial charge in [0.05, 0.1) is 10.7 Å². The zero-order valence-corrected chi connectivity index (χ0v) is 16.7. The number of rotatable bonds is 6. The van der Waals surface area contributed by atoms with Gasteiger partial charge in [-0.25, -0.2) is 4.98 Å². The van der Waals surface area contributed by atoms with E-state index in [0.29, 0.717) is 18.8 Å². The zero-order chi connectivity index (χ0) is 19.2. The Balaban J connectivity index is 1.56. The molecule has 0 bridgehead atoms. The molecule has 0 radical (unpaired) electrons. The summed E-state index contributed by atoms with van der Waals surface area (Å²) in [5, 5.41) is 6.07. The van der Waals surface area contributed by atoms with Gasteiger partial charge >= 0.3 is 0 Å². The van der Waals surface area contributed by atoms with Gasteiger partial charge in [0.25, 0.3) is 5.91 Å². The summed E-state index contributed by atoms with van der Waals surface area (Å²) in [5.74, 6) is 0.339. The van der Waals surface area contributed by atoms with E-state index in [0.717, 1.165) is 36.5 Å². The Morgan fingerprint density at radius 1 is 1.37 bits per heavy atom. The second kappa shape index (κ2) is 9.08. The lowest BCUT2D eigenvalue weighted by Gasteiger charge is -2.31. The Bertz CT molecular complexity index is 775. The molecule has 0 aliphatic carbocycles. The van der Waals surface area contributed by atoms with Crippen molar-refractivity contribution in [2.24, 2.45) is 5.92 Å². The lowest BCUT2D eigenvalue weighted by molar-refractivity contribution is -0.123. The molecule has 1 aliphatic heterocycles.